The molecule has 0 aromatic rings. The Morgan fingerprint density at radius 3 is 2.33 bits per heavy atom. The van der Waals surface area contributed by atoms with Crippen LogP contribution in [0.1, 0.15) is 13.3 Å². The minimum absolute atomic E-state index is 0.246. The Bertz CT molecular complexity index is 233. The van der Waals surface area contributed by atoms with Crippen molar-refractivity contribution in [2.45, 2.75) is 37.7 Å². The van der Waals surface area contributed by atoms with E-state index in [0.29, 0.717) is 0 Å². The Morgan fingerprint density at radius 2 is 1.87 bits per heavy atom. The third-order valence-corrected chi connectivity index (χ3v) is 2.77. The maximum atomic E-state index is 10.8. The Kier molecular flexibility index (Phi) is 4.04. The van der Waals surface area contributed by atoms with Gasteiger partial charge in [0.2, 0.25) is 5.91 Å². The third-order valence-electron chi connectivity index (χ3n) is 2.77. The zero-order chi connectivity index (χ0) is 11.6. The summed E-state index contributed by atoms with van der Waals surface area (Å²) >= 11 is 0. The average molecular weight is 219 g/mol. The molecule has 0 radical (unpaired) electrons. The van der Waals surface area contributed by atoms with Crippen molar-refractivity contribution in [3.8, 4) is 0 Å². The highest BCUT2D eigenvalue weighted by atomic mass is 16.4. The quantitative estimate of drug-likeness (QED) is 0.355. The molecule has 0 heterocycles. The fourth-order valence-electron chi connectivity index (χ4n) is 1.91. The van der Waals surface area contributed by atoms with E-state index in [4.69, 9.17) is 5.11 Å². The number of aliphatic hydroxyl groups excluding tert-OH is 4. The molecular formula is C9H17NO5. The number of amides is 1. The lowest BCUT2D eigenvalue weighted by atomic mass is 9.80. The highest BCUT2D eigenvalue weighted by molar-refractivity contribution is 5.73. The van der Waals surface area contributed by atoms with Gasteiger partial charge in [0, 0.05) is 19.4 Å². The van der Waals surface area contributed by atoms with E-state index in [9.17, 15) is 20.1 Å². The summed E-state index contributed by atoms with van der Waals surface area (Å²) in [4.78, 5) is 10.8. The summed E-state index contributed by atoms with van der Waals surface area (Å²) in [5.41, 5.74) is 0. The van der Waals surface area contributed by atoms with Crippen molar-refractivity contribution in [2.75, 3.05) is 6.61 Å². The van der Waals surface area contributed by atoms with Gasteiger partial charge in [-0.2, -0.15) is 0 Å². The lowest BCUT2D eigenvalue weighted by Gasteiger charge is -2.39. The molecule has 0 spiro atoms. The number of carbonyl (C=O) groups excluding carboxylic acids is 1. The van der Waals surface area contributed by atoms with Crippen LogP contribution in [0.3, 0.4) is 0 Å². The van der Waals surface area contributed by atoms with Gasteiger partial charge in [-0.1, -0.05) is 0 Å². The van der Waals surface area contributed by atoms with Crippen LogP contribution in [0.4, 0.5) is 0 Å². The van der Waals surface area contributed by atoms with Gasteiger partial charge in [-0.05, 0) is 6.42 Å². The highest BCUT2D eigenvalue weighted by Gasteiger charge is 2.42. The van der Waals surface area contributed by atoms with Crippen molar-refractivity contribution in [3.05, 3.63) is 0 Å². The van der Waals surface area contributed by atoms with Crippen molar-refractivity contribution in [2.24, 2.45) is 5.92 Å². The normalized spacial score (nSPS) is 41.3. The van der Waals surface area contributed by atoms with Crippen molar-refractivity contribution < 1.29 is 25.2 Å². The summed E-state index contributed by atoms with van der Waals surface area (Å²) in [6, 6.07) is -0.627. The molecule has 6 nitrogen and oxygen atoms in total. The highest BCUT2D eigenvalue weighted by Crippen LogP contribution is 2.25. The van der Waals surface area contributed by atoms with Gasteiger partial charge in [0.05, 0.1) is 12.1 Å². The Hall–Kier alpha value is -0.690. The monoisotopic (exact) mass is 219 g/mol. The Morgan fingerprint density at radius 1 is 1.27 bits per heavy atom. The number of hydrogen-bond donors (Lipinski definition) is 5. The van der Waals surface area contributed by atoms with Crippen LogP contribution in [-0.4, -0.2) is 57.3 Å². The van der Waals surface area contributed by atoms with E-state index in [-0.39, 0.29) is 18.9 Å². The number of hydrogen-bond acceptors (Lipinski definition) is 5. The molecule has 6 heteroatoms. The van der Waals surface area contributed by atoms with E-state index < -0.39 is 30.3 Å². The van der Waals surface area contributed by atoms with E-state index in [0.717, 1.165) is 0 Å². The van der Waals surface area contributed by atoms with E-state index >= 15 is 0 Å². The van der Waals surface area contributed by atoms with Gasteiger partial charge >= 0.3 is 0 Å². The average Bonchev–Trinajstić information content (AvgIpc) is 2.18. The minimum Gasteiger partial charge on any atom is -0.396 e. The predicted octanol–water partition coefficient (Wildman–Crippen LogP) is -2.41. The van der Waals surface area contributed by atoms with Gasteiger partial charge in [0.1, 0.15) is 12.2 Å². The Labute approximate surface area is 87.5 Å². The first-order valence-corrected chi connectivity index (χ1v) is 4.89. The second-order valence-corrected chi connectivity index (χ2v) is 3.96. The molecule has 1 saturated carbocycles. The van der Waals surface area contributed by atoms with Crippen LogP contribution in [0, 0.1) is 5.92 Å². The molecule has 1 aliphatic carbocycles. The molecule has 0 aromatic carbocycles. The van der Waals surface area contributed by atoms with Crippen LogP contribution >= 0.6 is 0 Å². The number of nitrogens with one attached hydrogen (secondary N) is 1. The molecular weight excluding hydrogens is 202 g/mol. The first-order valence-electron chi connectivity index (χ1n) is 4.89. The van der Waals surface area contributed by atoms with Gasteiger partial charge in [0.15, 0.2) is 0 Å². The van der Waals surface area contributed by atoms with E-state index in [1.54, 1.807) is 0 Å². The fourth-order valence-corrected chi connectivity index (χ4v) is 1.91. The second kappa shape index (κ2) is 4.89. The van der Waals surface area contributed by atoms with E-state index in [1.165, 1.54) is 6.92 Å². The number of aliphatic hydroxyl groups is 4. The van der Waals surface area contributed by atoms with Crippen molar-refractivity contribution in [3.63, 3.8) is 0 Å². The first kappa shape index (κ1) is 12.4. The third kappa shape index (κ3) is 2.66. The molecule has 1 aliphatic rings. The van der Waals surface area contributed by atoms with Crippen molar-refractivity contribution in [1.29, 1.82) is 0 Å². The molecule has 5 N–H and O–H groups in total. The topological polar surface area (TPSA) is 110 Å². The first-order chi connectivity index (χ1) is 6.97. The summed E-state index contributed by atoms with van der Waals surface area (Å²) in [6.07, 6.45) is -3.45. The van der Waals surface area contributed by atoms with E-state index in [1.807, 2.05) is 0 Å². The van der Waals surface area contributed by atoms with Gasteiger partial charge in [-0.3, -0.25) is 4.79 Å². The standard InChI is InChI=1S/C9H17NO5/c1-4(12)10-6-2-5(3-11)7(13)9(15)8(6)14/h5-9,11,13-15H,2-3H2,1H3,(H,10,12)/t5-,6-,7+,8+,9+/m1/s1. The summed E-state index contributed by atoms with van der Waals surface area (Å²) in [7, 11) is 0. The molecule has 0 unspecified atom stereocenters. The van der Waals surface area contributed by atoms with Crippen molar-refractivity contribution >= 4 is 5.91 Å². The fraction of sp³-hybridized carbons (Fsp3) is 0.889. The molecule has 1 fully saturated rings. The molecule has 0 aliphatic heterocycles. The van der Waals surface area contributed by atoms with Crippen molar-refractivity contribution in [1.82, 2.24) is 5.32 Å². The summed E-state index contributed by atoms with van der Waals surface area (Å²) in [6.45, 7) is 1.01. The molecule has 88 valence electrons. The number of rotatable bonds is 2. The molecule has 15 heavy (non-hydrogen) atoms. The predicted molar refractivity (Wildman–Crippen MR) is 50.8 cm³/mol. The van der Waals surface area contributed by atoms with Gasteiger partial charge in [-0.25, -0.2) is 0 Å². The van der Waals surface area contributed by atoms with Gasteiger partial charge in [-0.15, -0.1) is 0 Å². The lowest BCUT2D eigenvalue weighted by Crippen LogP contribution is -2.59. The molecule has 1 rings (SSSR count). The zero-order valence-corrected chi connectivity index (χ0v) is 8.50. The van der Waals surface area contributed by atoms with Crippen LogP contribution in [0.2, 0.25) is 0 Å². The Balaban J connectivity index is 2.69. The van der Waals surface area contributed by atoms with Gasteiger partial charge < -0.3 is 25.7 Å². The van der Waals surface area contributed by atoms with E-state index in [2.05, 4.69) is 5.32 Å². The van der Waals surface area contributed by atoms with Crippen LogP contribution in [-0.2, 0) is 4.79 Å². The summed E-state index contributed by atoms with van der Waals surface area (Å²) in [5.74, 6) is -0.848. The minimum atomic E-state index is -1.34. The smallest absolute Gasteiger partial charge is 0.217 e. The molecule has 0 aromatic heterocycles. The zero-order valence-electron chi connectivity index (χ0n) is 8.50. The largest absolute Gasteiger partial charge is 0.396 e. The van der Waals surface area contributed by atoms with Crippen LogP contribution in [0.25, 0.3) is 0 Å². The maximum Gasteiger partial charge on any atom is 0.217 e. The second-order valence-electron chi connectivity index (χ2n) is 3.96. The molecule has 1 amide bonds. The lowest BCUT2D eigenvalue weighted by molar-refractivity contribution is -0.139. The molecule has 0 bridgehead atoms. The summed E-state index contributed by atoms with van der Waals surface area (Å²) < 4.78 is 0. The van der Waals surface area contributed by atoms with Crippen LogP contribution < -0.4 is 5.32 Å². The number of carbonyl (C=O) groups is 1. The van der Waals surface area contributed by atoms with Crippen LogP contribution in [0.5, 0.6) is 0 Å². The summed E-state index contributed by atoms with van der Waals surface area (Å²) in [5, 5.41) is 39.9. The maximum absolute atomic E-state index is 10.8. The molecule has 0 saturated heterocycles. The SMILES string of the molecule is CC(=O)N[C@@H]1C[C@H](CO)[C@H](O)[C@H](O)[C@H]1O. The van der Waals surface area contributed by atoms with Gasteiger partial charge in [0.25, 0.3) is 0 Å². The molecule has 5 atom stereocenters. The van der Waals surface area contributed by atoms with Crippen LogP contribution in [0.15, 0.2) is 0 Å².